The number of nitrogens with two attached hydrogens (primary N) is 1. The van der Waals surface area contributed by atoms with Gasteiger partial charge in [-0.25, -0.2) is 0 Å². The van der Waals surface area contributed by atoms with Crippen LogP contribution in [0.25, 0.3) is 0 Å². The topological polar surface area (TPSA) is 101 Å². The van der Waals surface area contributed by atoms with E-state index < -0.39 is 0 Å². The fourth-order valence-electron chi connectivity index (χ4n) is 4.66. The molecule has 0 aromatic carbocycles. The summed E-state index contributed by atoms with van der Waals surface area (Å²) in [7, 11) is 0. The molecule has 2 saturated carbocycles. The molecule has 154 valence electrons. The van der Waals surface area contributed by atoms with Crippen molar-refractivity contribution in [2.24, 2.45) is 17.6 Å². The first-order valence-electron chi connectivity index (χ1n) is 10.9. The fraction of sp³-hybridized carbons (Fsp3) is 0.762. The van der Waals surface area contributed by atoms with Crippen molar-refractivity contribution in [1.29, 1.82) is 0 Å². The zero-order valence-electron chi connectivity index (χ0n) is 16.7. The summed E-state index contributed by atoms with van der Waals surface area (Å²) in [5.41, 5.74) is 6.35. The largest absolute Gasteiger partial charge is 0.360 e. The Morgan fingerprint density at radius 1 is 1.21 bits per heavy atom. The van der Waals surface area contributed by atoms with Crippen LogP contribution in [0, 0.1) is 11.8 Å². The second-order valence-electron chi connectivity index (χ2n) is 8.82. The molecule has 0 radical (unpaired) electrons. The Bertz CT molecular complexity index is 706. The number of likely N-dealkylation sites (tertiary alicyclic amines) is 1. The fourth-order valence-corrected chi connectivity index (χ4v) is 4.66. The monoisotopic (exact) mass is 388 g/mol. The third-order valence-corrected chi connectivity index (χ3v) is 6.75. The van der Waals surface area contributed by atoms with Gasteiger partial charge in [0.1, 0.15) is 5.76 Å². The lowest BCUT2D eigenvalue weighted by molar-refractivity contribution is -0.138. The zero-order chi connectivity index (χ0) is 19.7. The van der Waals surface area contributed by atoms with Gasteiger partial charge in [-0.05, 0) is 57.3 Å². The molecule has 2 amide bonds. The van der Waals surface area contributed by atoms with Gasteiger partial charge in [0.15, 0.2) is 5.69 Å². The van der Waals surface area contributed by atoms with E-state index in [1.807, 2.05) is 4.90 Å². The first kappa shape index (κ1) is 19.4. The van der Waals surface area contributed by atoms with Crippen molar-refractivity contribution in [3.05, 3.63) is 17.5 Å². The van der Waals surface area contributed by atoms with Crippen LogP contribution in [0.1, 0.15) is 80.5 Å². The maximum Gasteiger partial charge on any atom is 0.273 e. The molecule has 28 heavy (non-hydrogen) atoms. The van der Waals surface area contributed by atoms with Crippen molar-refractivity contribution in [2.75, 3.05) is 13.1 Å². The Morgan fingerprint density at radius 2 is 1.96 bits per heavy atom. The summed E-state index contributed by atoms with van der Waals surface area (Å²) in [5, 5.41) is 7.08. The van der Waals surface area contributed by atoms with Crippen molar-refractivity contribution in [2.45, 2.75) is 76.3 Å². The van der Waals surface area contributed by atoms with Gasteiger partial charge in [0.05, 0.1) is 0 Å². The molecule has 7 nitrogen and oxygen atoms in total. The number of nitrogens with zero attached hydrogens (tertiary/aromatic N) is 2. The standard InChI is InChI=1S/C21H32N4O3/c1-2-13-12-25(21(27)15-5-7-16(22)8-6-15)10-9-17(13)23-20(26)18-11-19(28-24-18)14-3-4-14/h11,13-17H,2-10,12,22H2,1H3,(H,23,26)/t13-,15?,16?,17+/m1/s1. The lowest BCUT2D eigenvalue weighted by atomic mass is 9.84. The van der Waals surface area contributed by atoms with Gasteiger partial charge in [0.25, 0.3) is 5.91 Å². The van der Waals surface area contributed by atoms with Crippen molar-refractivity contribution in [1.82, 2.24) is 15.4 Å². The van der Waals surface area contributed by atoms with Gasteiger partial charge in [-0.2, -0.15) is 0 Å². The van der Waals surface area contributed by atoms with E-state index in [0.29, 0.717) is 18.2 Å². The molecule has 2 heterocycles. The second kappa shape index (κ2) is 8.23. The molecule has 3 N–H and O–H groups in total. The summed E-state index contributed by atoms with van der Waals surface area (Å²) in [5.74, 6) is 1.77. The van der Waals surface area contributed by atoms with E-state index >= 15 is 0 Å². The molecule has 1 aliphatic heterocycles. The van der Waals surface area contributed by atoms with Crippen LogP contribution < -0.4 is 11.1 Å². The second-order valence-corrected chi connectivity index (χ2v) is 8.82. The Labute approximate surface area is 166 Å². The first-order valence-corrected chi connectivity index (χ1v) is 10.9. The van der Waals surface area contributed by atoms with Gasteiger partial charge in [-0.15, -0.1) is 0 Å². The van der Waals surface area contributed by atoms with Crippen molar-refractivity contribution in [3.8, 4) is 0 Å². The maximum absolute atomic E-state index is 12.9. The van der Waals surface area contributed by atoms with Gasteiger partial charge >= 0.3 is 0 Å². The number of carbonyl (C=O) groups excluding carboxylic acids is 2. The smallest absolute Gasteiger partial charge is 0.273 e. The molecule has 3 fully saturated rings. The van der Waals surface area contributed by atoms with Gasteiger partial charge in [0.2, 0.25) is 5.91 Å². The summed E-state index contributed by atoms with van der Waals surface area (Å²) in [6.07, 6.45) is 7.65. The molecular weight excluding hydrogens is 356 g/mol. The minimum absolute atomic E-state index is 0.0717. The molecule has 7 heteroatoms. The van der Waals surface area contributed by atoms with E-state index in [2.05, 4.69) is 17.4 Å². The highest BCUT2D eigenvalue weighted by molar-refractivity contribution is 5.92. The van der Waals surface area contributed by atoms with Gasteiger partial charge < -0.3 is 20.5 Å². The van der Waals surface area contributed by atoms with Crippen LogP contribution in [0.5, 0.6) is 0 Å². The molecule has 2 aliphatic carbocycles. The van der Waals surface area contributed by atoms with Crippen LogP contribution in [0.15, 0.2) is 10.6 Å². The van der Waals surface area contributed by atoms with E-state index in [0.717, 1.165) is 63.7 Å². The van der Waals surface area contributed by atoms with Crippen molar-refractivity contribution in [3.63, 3.8) is 0 Å². The molecule has 1 aromatic rings. The van der Waals surface area contributed by atoms with Gasteiger partial charge in [0, 0.05) is 43.1 Å². The summed E-state index contributed by atoms with van der Waals surface area (Å²) in [6.45, 7) is 3.54. The van der Waals surface area contributed by atoms with E-state index in [4.69, 9.17) is 10.3 Å². The summed E-state index contributed by atoms with van der Waals surface area (Å²) >= 11 is 0. The van der Waals surface area contributed by atoms with Crippen LogP contribution in [0.2, 0.25) is 0 Å². The number of carbonyl (C=O) groups is 2. The molecular formula is C21H32N4O3. The Balaban J connectivity index is 1.32. The Kier molecular flexibility index (Phi) is 5.71. The summed E-state index contributed by atoms with van der Waals surface area (Å²) < 4.78 is 5.30. The minimum Gasteiger partial charge on any atom is -0.360 e. The maximum atomic E-state index is 12.9. The average molecular weight is 389 g/mol. The van der Waals surface area contributed by atoms with Crippen LogP contribution in [-0.2, 0) is 4.79 Å². The molecule has 0 spiro atoms. The molecule has 0 bridgehead atoms. The lowest BCUT2D eigenvalue weighted by Crippen LogP contribution is -2.53. The number of rotatable bonds is 5. The van der Waals surface area contributed by atoms with Crippen LogP contribution in [0.3, 0.4) is 0 Å². The molecule has 1 aromatic heterocycles. The highest BCUT2D eigenvalue weighted by Crippen LogP contribution is 2.40. The van der Waals surface area contributed by atoms with E-state index in [-0.39, 0.29) is 35.7 Å². The highest BCUT2D eigenvalue weighted by Gasteiger charge is 2.36. The van der Waals surface area contributed by atoms with Crippen molar-refractivity contribution >= 4 is 11.8 Å². The van der Waals surface area contributed by atoms with Crippen LogP contribution in [-0.4, -0.2) is 47.0 Å². The predicted molar refractivity (Wildman–Crippen MR) is 105 cm³/mol. The van der Waals surface area contributed by atoms with E-state index in [1.54, 1.807) is 6.07 Å². The van der Waals surface area contributed by atoms with E-state index in [1.165, 1.54) is 0 Å². The third-order valence-electron chi connectivity index (χ3n) is 6.75. The number of hydrogen-bond acceptors (Lipinski definition) is 5. The number of amides is 2. The number of aromatic nitrogens is 1. The van der Waals surface area contributed by atoms with Crippen LogP contribution >= 0.6 is 0 Å². The highest BCUT2D eigenvalue weighted by atomic mass is 16.5. The van der Waals surface area contributed by atoms with Gasteiger partial charge in [-0.3, -0.25) is 9.59 Å². The molecule has 1 saturated heterocycles. The zero-order valence-corrected chi connectivity index (χ0v) is 16.7. The SMILES string of the molecule is CC[C@@H]1CN(C(=O)C2CCC(N)CC2)CC[C@@H]1NC(=O)c1cc(C2CC2)on1. The van der Waals surface area contributed by atoms with Crippen molar-refractivity contribution < 1.29 is 14.1 Å². The van der Waals surface area contributed by atoms with Crippen LogP contribution in [0.4, 0.5) is 0 Å². The average Bonchev–Trinajstić information content (AvgIpc) is 3.44. The van der Waals surface area contributed by atoms with E-state index in [9.17, 15) is 9.59 Å². The number of piperidine rings is 1. The molecule has 3 aliphatic rings. The molecule has 0 unspecified atom stereocenters. The first-order chi connectivity index (χ1) is 13.5. The lowest BCUT2D eigenvalue weighted by Gasteiger charge is -2.40. The quantitative estimate of drug-likeness (QED) is 0.807. The van der Waals surface area contributed by atoms with Gasteiger partial charge in [-0.1, -0.05) is 12.1 Å². The Morgan fingerprint density at radius 3 is 2.64 bits per heavy atom. The molecule has 4 rings (SSSR count). The number of hydrogen-bond donors (Lipinski definition) is 2. The number of nitrogens with one attached hydrogen (secondary N) is 1. The Hall–Kier alpha value is -1.89. The predicted octanol–water partition coefficient (Wildman–Crippen LogP) is 2.43. The molecule has 2 atom stereocenters. The minimum atomic E-state index is -0.167. The normalized spacial score (nSPS) is 30.9. The summed E-state index contributed by atoms with van der Waals surface area (Å²) in [6, 6.07) is 2.10. The third kappa shape index (κ3) is 4.24. The summed E-state index contributed by atoms with van der Waals surface area (Å²) in [4.78, 5) is 27.5.